The first kappa shape index (κ1) is 21.5. The molecule has 0 saturated carbocycles. The first-order valence-corrected chi connectivity index (χ1v) is 10.7. The van der Waals surface area contributed by atoms with Crippen LogP contribution in [0, 0.1) is 6.92 Å². The van der Waals surface area contributed by atoms with Gasteiger partial charge in [-0.1, -0.05) is 48.5 Å². The molecule has 3 rings (SSSR count). The molecule has 0 aliphatic carbocycles. The van der Waals surface area contributed by atoms with Crippen molar-refractivity contribution in [2.45, 2.75) is 11.8 Å². The molecule has 0 radical (unpaired) electrons. The van der Waals surface area contributed by atoms with Gasteiger partial charge in [0.2, 0.25) is 5.91 Å². The first-order chi connectivity index (χ1) is 14.6. The van der Waals surface area contributed by atoms with Gasteiger partial charge in [0.25, 0.3) is 0 Å². The van der Waals surface area contributed by atoms with Crippen molar-refractivity contribution in [1.82, 2.24) is 5.32 Å². The molecule has 2 N–H and O–H groups in total. The van der Waals surface area contributed by atoms with Crippen molar-refractivity contribution in [3.8, 4) is 0 Å². The maximum absolute atomic E-state index is 12.9. The molecule has 0 atom stereocenters. The number of para-hydroxylation sites is 1. The van der Waals surface area contributed by atoms with Crippen LogP contribution >= 0.6 is 11.8 Å². The average Bonchev–Trinajstić information content (AvgIpc) is 2.76. The van der Waals surface area contributed by atoms with E-state index in [1.165, 1.54) is 11.8 Å². The quantitative estimate of drug-likeness (QED) is 0.508. The van der Waals surface area contributed by atoms with Gasteiger partial charge in [0.15, 0.2) is 0 Å². The number of aryl methyl sites for hydroxylation is 1. The van der Waals surface area contributed by atoms with Crippen molar-refractivity contribution in [3.05, 3.63) is 90.5 Å². The molecule has 30 heavy (non-hydrogen) atoms. The van der Waals surface area contributed by atoms with E-state index in [1.807, 2.05) is 91.9 Å². The van der Waals surface area contributed by atoms with Crippen LogP contribution in [-0.4, -0.2) is 30.8 Å². The topological polar surface area (TPSA) is 61.4 Å². The SMILES string of the molecule is Cc1cccc(NC(=O)N(CCNC(=O)CSc2ccccc2)c2ccccc2)c1. The van der Waals surface area contributed by atoms with Gasteiger partial charge in [-0.3, -0.25) is 9.69 Å². The van der Waals surface area contributed by atoms with Gasteiger partial charge in [-0.2, -0.15) is 0 Å². The van der Waals surface area contributed by atoms with Gasteiger partial charge in [-0.25, -0.2) is 4.79 Å². The summed E-state index contributed by atoms with van der Waals surface area (Å²) in [5.41, 5.74) is 2.59. The number of nitrogens with one attached hydrogen (secondary N) is 2. The minimum absolute atomic E-state index is 0.0593. The second kappa shape index (κ2) is 11.1. The molecule has 6 heteroatoms. The molecule has 3 amide bonds. The molecule has 0 aliphatic rings. The van der Waals surface area contributed by atoms with E-state index in [-0.39, 0.29) is 11.9 Å². The van der Waals surface area contributed by atoms with Crippen LogP contribution in [0.5, 0.6) is 0 Å². The molecular weight excluding hydrogens is 394 g/mol. The number of urea groups is 1. The van der Waals surface area contributed by atoms with Crippen LogP contribution in [0.15, 0.2) is 89.8 Å². The van der Waals surface area contributed by atoms with E-state index in [0.29, 0.717) is 18.8 Å². The highest BCUT2D eigenvalue weighted by Crippen LogP contribution is 2.17. The number of carbonyl (C=O) groups is 2. The lowest BCUT2D eigenvalue weighted by molar-refractivity contribution is -0.118. The Labute approximate surface area is 181 Å². The number of benzene rings is 3. The average molecular weight is 420 g/mol. The molecule has 0 bridgehead atoms. The summed E-state index contributed by atoms with van der Waals surface area (Å²) in [7, 11) is 0. The van der Waals surface area contributed by atoms with Crippen molar-refractivity contribution >= 4 is 35.1 Å². The van der Waals surface area contributed by atoms with Gasteiger partial charge >= 0.3 is 6.03 Å². The fourth-order valence-electron chi connectivity index (χ4n) is 2.89. The number of carbonyl (C=O) groups excluding carboxylic acids is 2. The number of amides is 3. The molecule has 0 unspecified atom stereocenters. The highest BCUT2D eigenvalue weighted by Gasteiger charge is 2.16. The van der Waals surface area contributed by atoms with Crippen LogP contribution in [-0.2, 0) is 4.79 Å². The Balaban J connectivity index is 1.56. The van der Waals surface area contributed by atoms with E-state index >= 15 is 0 Å². The number of thioether (sulfide) groups is 1. The van der Waals surface area contributed by atoms with Crippen LogP contribution < -0.4 is 15.5 Å². The third-order valence-electron chi connectivity index (χ3n) is 4.35. The largest absolute Gasteiger partial charge is 0.354 e. The molecule has 0 heterocycles. The second-order valence-electron chi connectivity index (χ2n) is 6.74. The lowest BCUT2D eigenvalue weighted by atomic mass is 10.2. The molecule has 3 aromatic rings. The smallest absolute Gasteiger partial charge is 0.326 e. The number of hydrogen-bond donors (Lipinski definition) is 2. The van der Waals surface area contributed by atoms with E-state index < -0.39 is 0 Å². The first-order valence-electron chi connectivity index (χ1n) is 9.76. The van der Waals surface area contributed by atoms with Gasteiger partial charge < -0.3 is 10.6 Å². The van der Waals surface area contributed by atoms with Crippen LogP contribution in [0.3, 0.4) is 0 Å². The number of hydrogen-bond acceptors (Lipinski definition) is 3. The molecule has 0 saturated heterocycles. The highest BCUT2D eigenvalue weighted by molar-refractivity contribution is 8.00. The van der Waals surface area contributed by atoms with E-state index in [0.717, 1.165) is 21.8 Å². The summed E-state index contributed by atoms with van der Waals surface area (Å²) < 4.78 is 0. The fourth-order valence-corrected chi connectivity index (χ4v) is 3.64. The van der Waals surface area contributed by atoms with Crippen LogP contribution in [0.4, 0.5) is 16.2 Å². The van der Waals surface area contributed by atoms with Gasteiger partial charge in [-0.05, 0) is 48.9 Å². The van der Waals surface area contributed by atoms with Gasteiger partial charge in [0.05, 0.1) is 5.75 Å². The Morgan fingerprint density at radius 1 is 0.900 bits per heavy atom. The third kappa shape index (κ3) is 6.67. The summed E-state index contributed by atoms with van der Waals surface area (Å²) >= 11 is 1.49. The predicted octanol–water partition coefficient (Wildman–Crippen LogP) is 4.94. The summed E-state index contributed by atoms with van der Waals surface area (Å²) in [6.45, 7) is 2.71. The van der Waals surface area contributed by atoms with E-state index in [4.69, 9.17) is 0 Å². The van der Waals surface area contributed by atoms with Crippen molar-refractivity contribution in [2.24, 2.45) is 0 Å². The monoisotopic (exact) mass is 419 g/mol. The Morgan fingerprint density at radius 3 is 2.30 bits per heavy atom. The lowest BCUT2D eigenvalue weighted by Gasteiger charge is -2.23. The zero-order valence-electron chi connectivity index (χ0n) is 16.9. The summed E-state index contributed by atoms with van der Waals surface area (Å²) in [4.78, 5) is 27.8. The fraction of sp³-hybridized carbons (Fsp3) is 0.167. The number of nitrogens with zero attached hydrogens (tertiary/aromatic N) is 1. The predicted molar refractivity (Wildman–Crippen MR) is 124 cm³/mol. The van der Waals surface area contributed by atoms with Crippen molar-refractivity contribution in [2.75, 3.05) is 29.1 Å². The summed E-state index contributed by atoms with van der Waals surface area (Å²) in [6, 6.07) is 26.7. The number of rotatable bonds is 8. The molecule has 0 aliphatic heterocycles. The normalized spacial score (nSPS) is 10.3. The molecule has 0 spiro atoms. The number of anilines is 2. The van der Waals surface area contributed by atoms with E-state index in [2.05, 4.69) is 10.6 Å². The Hall–Kier alpha value is -3.25. The van der Waals surface area contributed by atoms with Crippen molar-refractivity contribution in [1.29, 1.82) is 0 Å². The molecule has 154 valence electrons. The molecule has 3 aromatic carbocycles. The summed E-state index contributed by atoms with van der Waals surface area (Å²) in [5.74, 6) is 0.279. The zero-order chi connectivity index (χ0) is 21.2. The van der Waals surface area contributed by atoms with Crippen LogP contribution in [0.1, 0.15) is 5.56 Å². The van der Waals surface area contributed by atoms with E-state index in [9.17, 15) is 9.59 Å². The Kier molecular flexibility index (Phi) is 7.92. The molecule has 5 nitrogen and oxygen atoms in total. The van der Waals surface area contributed by atoms with Crippen molar-refractivity contribution in [3.63, 3.8) is 0 Å². The van der Waals surface area contributed by atoms with Gasteiger partial charge in [0.1, 0.15) is 0 Å². The van der Waals surface area contributed by atoms with Crippen LogP contribution in [0.25, 0.3) is 0 Å². The van der Waals surface area contributed by atoms with Gasteiger partial charge in [-0.15, -0.1) is 11.8 Å². The van der Waals surface area contributed by atoms with Crippen molar-refractivity contribution < 1.29 is 9.59 Å². The highest BCUT2D eigenvalue weighted by atomic mass is 32.2. The maximum atomic E-state index is 12.9. The zero-order valence-corrected chi connectivity index (χ0v) is 17.7. The summed E-state index contributed by atoms with van der Waals surface area (Å²) in [5, 5.41) is 5.84. The minimum atomic E-state index is -0.236. The third-order valence-corrected chi connectivity index (χ3v) is 5.37. The minimum Gasteiger partial charge on any atom is -0.354 e. The molecule has 0 fully saturated rings. The Bertz CT molecular complexity index is 964. The van der Waals surface area contributed by atoms with Crippen LogP contribution in [0.2, 0.25) is 0 Å². The van der Waals surface area contributed by atoms with Gasteiger partial charge in [0, 0.05) is 29.4 Å². The Morgan fingerprint density at radius 2 is 1.60 bits per heavy atom. The maximum Gasteiger partial charge on any atom is 0.326 e. The molecule has 0 aromatic heterocycles. The summed E-state index contributed by atoms with van der Waals surface area (Å²) in [6.07, 6.45) is 0. The standard InChI is InChI=1S/C24H25N3O2S/c1-19-9-8-10-20(17-19)26-24(29)27(21-11-4-2-5-12-21)16-15-25-23(28)18-30-22-13-6-3-7-14-22/h2-14,17H,15-16,18H2,1H3,(H,25,28)(H,26,29). The second-order valence-corrected chi connectivity index (χ2v) is 7.79. The van der Waals surface area contributed by atoms with E-state index in [1.54, 1.807) is 4.90 Å². The molecular formula is C24H25N3O2S. The lowest BCUT2D eigenvalue weighted by Crippen LogP contribution is -2.41.